The first-order chi connectivity index (χ1) is 17.4. The molecule has 0 fully saturated rings. The van der Waals surface area contributed by atoms with Crippen molar-refractivity contribution in [2.45, 2.75) is 25.2 Å². The molecule has 36 heavy (non-hydrogen) atoms. The predicted octanol–water partition coefficient (Wildman–Crippen LogP) is 7.51. The molecule has 1 aromatic heterocycles. The van der Waals surface area contributed by atoms with Crippen molar-refractivity contribution in [3.8, 4) is 17.2 Å². The average Bonchev–Trinajstić information content (AvgIpc) is 3.23. The molecule has 1 unspecified atom stereocenters. The number of fused-ring (bicyclic) bond motifs is 2. The van der Waals surface area contributed by atoms with Gasteiger partial charge in [-0.3, -0.25) is 0 Å². The molecular weight excluding hydrogens is 623 g/mol. The second-order valence-corrected chi connectivity index (χ2v) is 10.9. The van der Waals surface area contributed by atoms with Crippen molar-refractivity contribution in [3.63, 3.8) is 0 Å². The Morgan fingerprint density at radius 3 is 2.22 bits per heavy atom. The van der Waals surface area contributed by atoms with Crippen LogP contribution in [0.15, 0.2) is 109 Å². The van der Waals surface area contributed by atoms with Gasteiger partial charge in [0.2, 0.25) is 0 Å². The van der Waals surface area contributed by atoms with Crippen LogP contribution in [-0.2, 0) is 31.8 Å². The standard InChI is InChI=1S/C32H28N2O.Pt/c1-32(2)29-15-8-7-14-27(29)31(23-10-5-4-6-11-23)28-21-26(16-17-30(28)32)35-25-13-9-12-24(20-25)34-19-18-33(3)22-34;/h4-21,31H,1-3H3;. The van der Waals surface area contributed by atoms with E-state index in [0.29, 0.717) is 0 Å². The second-order valence-electron chi connectivity index (χ2n) is 9.92. The summed E-state index contributed by atoms with van der Waals surface area (Å²) in [6.07, 6.45) is 4.13. The number of hydrogen-bond acceptors (Lipinski definition) is 1. The van der Waals surface area contributed by atoms with Gasteiger partial charge in [-0.05, 0) is 0 Å². The van der Waals surface area contributed by atoms with Crippen LogP contribution in [-0.4, -0.2) is 9.13 Å². The number of benzene rings is 4. The molecule has 1 atom stereocenters. The quantitative estimate of drug-likeness (QED) is 0.197. The zero-order chi connectivity index (χ0) is 24.9. The Kier molecular flexibility index (Phi) is 5.69. The van der Waals surface area contributed by atoms with Gasteiger partial charge in [0.25, 0.3) is 0 Å². The minimum atomic E-state index is -0.0870. The number of ether oxygens (including phenoxy) is 1. The molecule has 182 valence electrons. The van der Waals surface area contributed by atoms with Crippen LogP contribution in [0, 0.1) is 3.80 Å². The molecule has 0 N–H and O–H groups in total. The molecular formula is C32H28N2OPt. The average molecular weight is 652 g/mol. The van der Waals surface area contributed by atoms with Gasteiger partial charge >= 0.3 is 187 Å². The van der Waals surface area contributed by atoms with E-state index in [4.69, 9.17) is 4.74 Å². The molecule has 0 aliphatic heterocycles. The summed E-state index contributed by atoms with van der Waals surface area (Å²) in [5.74, 6) is 1.85. The summed E-state index contributed by atoms with van der Waals surface area (Å²) >= 11 is 2.34. The Hall–Kier alpha value is -3.42. The molecule has 3 nitrogen and oxygen atoms in total. The SMILES string of the molecule is Cn1ccn(-c2cccc(Oc3ccc4c(c3)C(c3ccccc3)c3ccccc3C4(C)C)c2)[c]1=[Pt]. The summed E-state index contributed by atoms with van der Waals surface area (Å²) in [7, 11) is 2.05. The first kappa shape index (κ1) is 23.0. The maximum absolute atomic E-state index is 6.47. The van der Waals surface area contributed by atoms with Crippen LogP contribution in [0.1, 0.15) is 47.6 Å². The van der Waals surface area contributed by atoms with Gasteiger partial charge in [0, 0.05) is 0 Å². The molecule has 0 spiro atoms. The molecule has 4 heteroatoms. The summed E-state index contributed by atoms with van der Waals surface area (Å²) in [6, 6.07) is 34.6. The van der Waals surface area contributed by atoms with E-state index in [-0.39, 0.29) is 11.3 Å². The molecule has 0 radical (unpaired) electrons. The number of rotatable bonds is 4. The predicted molar refractivity (Wildman–Crippen MR) is 140 cm³/mol. The molecule has 4 aromatic carbocycles. The molecule has 0 amide bonds. The monoisotopic (exact) mass is 651 g/mol. The molecule has 0 saturated carbocycles. The van der Waals surface area contributed by atoms with Crippen LogP contribution in [0.2, 0.25) is 0 Å². The Balaban J connectivity index is 1.44. The molecule has 0 bridgehead atoms. The Labute approximate surface area is 223 Å². The molecule has 1 aliphatic carbocycles. The Morgan fingerprint density at radius 2 is 1.44 bits per heavy atom. The van der Waals surface area contributed by atoms with Gasteiger partial charge in [-0.2, -0.15) is 0 Å². The van der Waals surface area contributed by atoms with E-state index in [1.807, 2.05) is 12.1 Å². The zero-order valence-electron chi connectivity index (χ0n) is 20.6. The fraction of sp³-hybridized carbons (Fsp3) is 0.156. The van der Waals surface area contributed by atoms with Gasteiger partial charge in [-0.25, -0.2) is 0 Å². The summed E-state index contributed by atoms with van der Waals surface area (Å²) in [4.78, 5) is 0. The Bertz CT molecular complexity index is 1630. The first-order valence-electron chi connectivity index (χ1n) is 12.2. The third-order valence-electron chi connectivity index (χ3n) is 7.31. The van der Waals surface area contributed by atoms with Crippen molar-refractivity contribution in [1.29, 1.82) is 0 Å². The normalized spacial score (nSPS) is 15.8. The van der Waals surface area contributed by atoms with Crippen molar-refractivity contribution in [3.05, 3.63) is 141 Å². The summed E-state index contributed by atoms with van der Waals surface area (Å²) in [5, 5.41) is 0. The van der Waals surface area contributed by atoms with Crippen LogP contribution in [0.25, 0.3) is 5.69 Å². The molecule has 5 aromatic rings. The third-order valence-corrected chi connectivity index (χ3v) is 8.66. The van der Waals surface area contributed by atoms with E-state index < -0.39 is 0 Å². The van der Waals surface area contributed by atoms with E-state index in [9.17, 15) is 0 Å². The van der Waals surface area contributed by atoms with E-state index in [1.165, 1.54) is 27.8 Å². The number of aryl methyl sites for hydroxylation is 1. The number of hydrogen-bond donors (Lipinski definition) is 0. The number of imidazole rings is 1. The van der Waals surface area contributed by atoms with Gasteiger partial charge in [0.05, 0.1) is 0 Å². The van der Waals surface area contributed by atoms with E-state index in [1.54, 1.807) is 0 Å². The summed E-state index contributed by atoms with van der Waals surface area (Å²) in [6.45, 7) is 4.66. The van der Waals surface area contributed by atoms with Crippen LogP contribution < -0.4 is 4.74 Å². The van der Waals surface area contributed by atoms with E-state index in [2.05, 4.69) is 147 Å². The second kappa shape index (κ2) is 8.91. The fourth-order valence-electron chi connectivity index (χ4n) is 5.52. The minimum absolute atomic E-state index is 0.0870. The Morgan fingerprint density at radius 1 is 0.722 bits per heavy atom. The molecule has 0 saturated heterocycles. The van der Waals surface area contributed by atoms with Crippen molar-refractivity contribution in [2.24, 2.45) is 7.05 Å². The van der Waals surface area contributed by atoms with E-state index in [0.717, 1.165) is 21.0 Å². The van der Waals surface area contributed by atoms with Gasteiger partial charge in [0.15, 0.2) is 0 Å². The number of aromatic nitrogens is 2. The van der Waals surface area contributed by atoms with Gasteiger partial charge in [-0.1, -0.05) is 36.4 Å². The zero-order valence-corrected chi connectivity index (χ0v) is 22.9. The van der Waals surface area contributed by atoms with Crippen LogP contribution in [0.5, 0.6) is 11.5 Å². The first-order valence-corrected chi connectivity index (χ1v) is 13.3. The van der Waals surface area contributed by atoms with Crippen molar-refractivity contribution >= 4 is 0 Å². The molecule has 1 aliphatic rings. The summed E-state index contributed by atoms with van der Waals surface area (Å²) < 4.78 is 11.9. The maximum atomic E-state index is 6.47. The van der Waals surface area contributed by atoms with Crippen molar-refractivity contribution in [2.75, 3.05) is 0 Å². The van der Waals surface area contributed by atoms with Crippen molar-refractivity contribution in [1.82, 2.24) is 9.13 Å². The molecule has 1 heterocycles. The molecule has 6 rings (SSSR count). The third kappa shape index (κ3) is 3.83. The van der Waals surface area contributed by atoms with Gasteiger partial charge < -0.3 is 0 Å². The summed E-state index contributed by atoms with van der Waals surface area (Å²) in [5.41, 5.74) is 7.72. The van der Waals surface area contributed by atoms with E-state index >= 15 is 0 Å². The van der Waals surface area contributed by atoms with Gasteiger partial charge in [0.1, 0.15) is 0 Å². The fourth-order valence-corrected chi connectivity index (χ4v) is 6.15. The van der Waals surface area contributed by atoms with Gasteiger partial charge in [-0.15, -0.1) is 0 Å². The van der Waals surface area contributed by atoms with Crippen molar-refractivity contribution < 1.29 is 24.1 Å². The van der Waals surface area contributed by atoms with Crippen LogP contribution >= 0.6 is 0 Å². The van der Waals surface area contributed by atoms with Crippen LogP contribution in [0.4, 0.5) is 0 Å². The number of nitrogens with zero attached hydrogens (tertiary/aromatic N) is 2. The van der Waals surface area contributed by atoms with Crippen LogP contribution in [0.3, 0.4) is 0 Å². The topological polar surface area (TPSA) is 19.1 Å².